The van der Waals surface area contributed by atoms with Crippen molar-refractivity contribution in [1.29, 1.82) is 0 Å². The molecule has 0 radical (unpaired) electrons. The predicted molar refractivity (Wildman–Crippen MR) is 68.3 cm³/mol. The van der Waals surface area contributed by atoms with Crippen LogP contribution in [0.2, 0.25) is 5.02 Å². The standard InChI is InChI=1S/C13H14ClNO2/c1-2-17-13(16)6-3-9-8-15-12-5-4-10(14)7-11(9)12/h4-5,7-8,15H,2-3,6H2,1H3. The van der Waals surface area contributed by atoms with Gasteiger partial charge in [-0.1, -0.05) is 11.6 Å². The van der Waals surface area contributed by atoms with Crippen molar-refractivity contribution in [2.75, 3.05) is 6.61 Å². The van der Waals surface area contributed by atoms with E-state index >= 15 is 0 Å². The number of ether oxygens (including phenoxy) is 1. The molecule has 90 valence electrons. The predicted octanol–water partition coefficient (Wildman–Crippen LogP) is 3.32. The third-order valence-electron chi connectivity index (χ3n) is 2.63. The maximum Gasteiger partial charge on any atom is 0.306 e. The lowest BCUT2D eigenvalue weighted by molar-refractivity contribution is -0.143. The van der Waals surface area contributed by atoms with E-state index in [2.05, 4.69) is 4.98 Å². The van der Waals surface area contributed by atoms with Gasteiger partial charge in [0.2, 0.25) is 0 Å². The highest BCUT2D eigenvalue weighted by molar-refractivity contribution is 6.31. The zero-order valence-corrected chi connectivity index (χ0v) is 10.4. The average molecular weight is 252 g/mol. The molecule has 0 saturated carbocycles. The summed E-state index contributed by atoms with van der Waals surface area (Å²) in [5, 5.41) is 1.77. The number of halogens is 1. The van der Waals surface area contributed by atoms with E-state index in [9.17, 15) is 4.79 Å². The first kappa shape index (κ1) is 12.0. The van der Waals surface area contributed by atoms with Gasteiger partial charge in [0.1, 0.15) is 0 Å². The summed E-state index contributed by atoms with van der Waals surface area (Å²) in [6, 6.07) is 5.69. The maximum atomic E-state index is 11.3. The Kier molecular flexibility index (Phi) is 3.69. The van der Waals surface area contributed by atoms with Crippen molar-refractivity contribution in [2.45, 2.75) is 19.8 Å². The molecule has 1 N–H and O–H groups in total. The van der Waals surface area contributed by atoms with Crippen LogP contribution in [0.25, 0.3) is 10.9 Å². The van der Waals surface area contributed by atoms with E-state index in [0.717, 1.165) is 16.5 Å². The Labute approximate surface area is 105 Å². The van der Waals surface area contributed by atoms with Gasteiger partial charge >= 0.3 is 5.97 Å². The molecule has 0 bridgehead atoms. The molecule has 1 aromatic carbocycles. The van der Waals surface area contributed by atoms with Gasteiger partial charge in [0, 0.05) is 28.5 Å². The number of carbonyl (C=O) groups excluding carboxylic acids is 1. The van der Waals surface area contributed by atoms with Gasteiger partial charge in [0.25, 0.3) is 0 Å². The highest BCUT2D eigenvalue weighted by atomic mass is 35.5. The minimum absolute atomic E-state index is 0.163. The Morgan fingerprint density at radius 2 is 2.29 bits per heavy atom. The van der Waals surface area contributed by atoms with Gasteiger partial charge in [-0.2, -0.15) is 0 Å². The van der Waals surface area contributed by atoms with Crippen LogP contribution < -0.4 is 0 Å². The molecule has 3 nitrogen and oxygen atoms in total. The number of hydrogen-bond donors (Lipinski definition) is 1. The van der Waals surface area contributed by atoms with Crippen LogP contribution in [-0.2, 0) is 16.0 Å². The van der Waals surface area contributed by atoms with Gasteiger partial charge in [-0.25, -0.2) is 0 Å². The van der Waals surface area contributed by atoms with E-state index in [-0.39, 0.29) is 5.97 Å². The van der Waals surface area contributed by atoms with Crippen LogP contribution >= 0.6 is 11.6 Å². The number of esters is 1. The number of benzene rings is 1. The van der Waals surface area contributed by atoms with Gasteiger partial charge in [-0.15, -0.1) is 0 Å². The Balaban J connectivity index is 2.13. The first-order chi connectivity index (χ1) is 8.20. The van der Waals surface area contributed by atoms with Crippen molar-refractivity contribution in [3.63, 3.8) is 0 Å². The number of aromatic amines is 1. The highest BCUT2D eigenvalue weighted by Crippen LogP contribution is 2.23. The molecule has 2 rings (SSSR count). The van der Waals surface area contributed by atoms with Gasteiger partial charge in [0.15, 0.2) is 0 Å². The summed E-state index contributed by atoms with van der Waals surface area (Å²) in [4.78, 5) is 14.4. The Morgan fingerprint density at radius 3 is 3.06 bits per heavy atom. The van der Waals surface area contributed by atoms with E-state index in [1.165, 1.54) is 0 Å². The van der Waals surface area contributed by atoms with E-state index < -0.39 is 0 Å². The molecule has 4 heteroatoms. The lowest BCUT2D eigenvalue weighted by Crippen LogP contribution is -2.04. The molecule has 17 heavy (non-hydrogen) atoms. The first-order valence-electron chi connectivity index (χ1n) is 5.62. The van der Waals surface area contributed by atoms with Crippen molar-refractivity contribution in [1.82, 2.24) is 4.98 Å². The minimum atomic E-state index is -0.163. The second kappa shape index (κ2) is 5.23. The zero-order valence-electron chi connectivity index (χ0n) is 9.63. The monoisotopic (exact) mass is 251 g/mol. The normalized spacial score (nSPS) is 10.7. The lowest BCUT2D eigenvalue weighted by Gasteiger charge is -2.01. The fraction of sp³-hybridized carbons (Fsp3) is 0.308. The van der Waals surface area contributed by atoms with Crippen molar-refractivity contribution in [2.24, 2.45) is 0 Å². The van der Waals surface area contributed by atoms with Gasteiger partial charge in [-0.3, -0.25) is 4.79 Å². The summed E-state index contributed by atoms with van der Waals surface area (Å²) < 4.78 is 4.90. The summed E-state index contributed by atoms with van der Waals surface area (Å²) in [6.07, 6.45) is 2.98. The molecular weight excluding hydrogens is 238 g/mol. The second-order valence-electron chi connectivity index (χ2n) is 3.81. The number of aromatic nitrogens is 1. The van der Waals surface area contributed by atoms with Crippen molar-refractivity contribution in [3.05, 3.63) is 35.0 Å². The highest BCUT2D eigenvalue weighted by Gasteiger charge is 2.07. The molecular formula is C13H14ClNO2. The number of carbonyl (C=O) groups is 1. The molecule has 0 fully saturated rings. The molecule has 0 spiro atoms. The Bertz CT molecular complexity index is 533. The lowest BCUT2D eigenvalue weighted by atomic mass is 10.1. The number of H-pyrrole nitrogens is 1. The van der Waals surface area contributed by atoms with Crippen LogP contribution in [0.5, 0.6) is 0 Å². The summed E-state index contributed by atoms with van der Waals surface area (Å²) in [6.45, 7) is 2.24. The molecule has 1 heterocycles. The van der Waals surface area contributed by atoms with Crippen molar-refractivity contribution < 1.29 is 9.53 Å². The Hall–Kier alpha value is -1.48. The average Bonchev–Trinajstić information content (AvgIpc) is 2.69. The van der Waals surface area contributed by atoms with E-state index in [0.29, 0.717) is 24.5 Å². The van der Waals surface area contributed by atoms with Crippen molar-refractivity contribution in [3.8, 4) is 0 Å². The summed E-state index contributed by atoms with van der Waals surface area (Å²) in [5.74, 6) is -0.163. The Morgan fingerprint density at radius 1 is 1.47 bits per heavy atom. The molecule has 1 aromatic heterocycles. The smallest absolute Gasteiger partial charge is 0.306 e. The quantitative estimate of drug-likeness (QED) is 0.847. The molecule has 0 amide bonds. The van der Waals surface area contributed by atoms with Crippen LogP contribution in [-0.4, -0.2) is 17.6 Å². The van der Waals surface area contributed by atoms with Crippen LogP contribution in [0.3, 0.4) is 0 Å². The number of hydrogen-bond acceptors (Lipinski definition) is 2. The zero-order chi connectivity index (χ0) is 12.3. The van der Waals surface area contributed by atoms with E-state index in [4.69, 9.17) is 16.3 Å². The third kappa shape index (κ3) is 2.80. The molecule has 2 aromatic rings. The maximum absolute atomic E-state index is 11.3. The third-order valence-corrected chi connectivity index (χ3v) is 2.87. The van der Waals surface area contributed by atoms with Crippen molar-refractivity contribution >= 4 is 28.5 Å². The molecule has 0 unspecified atom stereocenters. The minimum Gasteiger partial charge on any atom is -0.466 e. The molecule has 0 saturated heterocycles. The van der Waals surface area contributed by atoms with Gasteiger partial charge < -0.3 is 9.72 Å². The molecule has 0 atom stereocenters. The van der Waals surface area contributed by atoms with Gasteiger partial charge in [0.05, 0.1) is 6.61 Å². The first-order valence-corrected chi connectivity index (χ1v) is 5.99. The van der Waals surface area contributed by atoms with Crippen LogP contribution in [0, 0.1) is 0 Å². The summed E-state index contributed by atoms with van der Waals surface area (Å²) in [7, 11) is 0. The largest absolute Gasteiger partial charge is 0.466 e. The fourth-order valence-electron chi connectivity index (χ4n) is 1.83. The second-order valence-corrected chi connectivity index (χ2v) is 4.25. The molecule has 0 aliphatic heterocycles. The topological polar surface area (TPSA) is 42.1 Å². The van der Waals surface area contributed by atoms with E-state index in [1.54, 1.807) is 0 Å². The van der Waals surface area contributed by atoms with Crippen LogP contribution in [0.15, 0.2) is 24.4 Å². The van der Waals surface area contributed by atoms with E-state index in [1.807, 2.05) is 31.3 Å². The number of nitrogens with one attached hydrogen (secondary N) is 1. The van der Waals surface area contributed by atoms with Crippen LogP contribution in [0.4, 0.5) is 0 Å². The fourth-order valence-corrected chi connectivity index (χ4v) is 2.00. The summed E-state index contributed by atoms with van der Waals surface area (Å²) in [5.41, 5.74) is 2.13. The summed E-state index contributed by atoms with van der Waals surface area (Å²) >= 11 is 5.95. The molecule has 0 aliphatic carbocycles. The van der Waals surface area contributed by atoms with Crippen LogP contribution in [0.1, 0.15) is 18.9 Å². The SMILES string of the molecule is CCOC(=O)CCc1c[nH]c2ccc(Cl)cc12. The number of aryl methyl sites for hydroxylation is 1. The molecule has 0 aliphatic rings. The van der Waals surface area contributed by atoms with Gasteiger partial charge in [-0.05, 0) is 37.1 Å². The number of rotatable bonds is 4. The number of fused-ring (bicyclic) bond motifs is 1.